The van der Waals surface area contributed by atoms with Crippen LogP contribution in [0.3, 0.4) is 0 Å². The molecule has 0 saturated carbocycles. The summed E-state index contributed by atoms with van der Waals surface area (Å²) in [5.74, 6) is -0.172. The maximum Gasteiger partial charge on any atom is 0.252 e. The standard InChI is InChI=1S/C16H22N2O3S/c1-3-10(4-2)9-17-15(21)13(19)14(20)16-18-11-7-5-6-8-12(11)22-16/h5-8,10,13-14,19-20H,3-4,9H2,1-2H3,(H,17,21). The van der Waals surface area contributed by atoms with Crippen LogP contribution in [0.15, 0.2) is 24.3 Å². The summed E-state index contributed by atoms with van der Waals surface area (Å²) in [7, 11) is 0. The van der Waals surface area contributed by atoms with Crippen molar-refractivity contribution in [3.63, 3.8) is 0 Å². The molecule has 6 heteroatoms. The number of carbonyl (C=O) groups is 1. The molecular formula is C16H22N2O3S. The van der Waals surface area contributed by atoms with Crippen LogP contribution in [0.5, 0.6) is 0 Å². The van der Waals surface area contributed by atoms with Crippen molar-refractivity contribution in [3.05, 3.63) is 29.3 Å². The summed E-state index contributed by atoms with van der Waals surface area (Å²) < 4.78 is 0.918. The highest BCUT2D eigenvalue weighted by Gasteiger charge is 2.28. The number of hydrogen-bond acceptors (Lipinski definition) is 5. The molecule has 0 bridgehead atoms. The summed E-state index contributed by atoms with van der Waals surface area (Å²) in [6, 6.07) is 7.47. The normalized spacial score (nSPS) is 14.2. The van der Waals surface area contributed by atoms with Crippen LogP contribution in [-0.2, 0) is 4.79 Å². The minimum atomic E-state index is -1.50. The lowest BCUT2D eigenvalue weighted by Gasteiger charge is -2.18. The molecule has 0 spiro atoms. The summed E-state index contributed by atoms with van der Waals surface area (Å²) in [5.41, 5.74) is 0.756. The zero-order valence-electron chi connectivity index (χ0n) is 12.8. The van der Waals surface area contributed by atoms with Gasteiger partial charge in [0.1, 0.15) is 11.1 Å². The molecule has 2 atom stereocenters. The number of thiazole rings is 1. The number of nitrogens with one attached hydrogen (secondary N) is 1. The van der Waals surface area contributed by atoms with E-state index in [1.165, 1.54) is 11.3 Å². The summed E-state index contributed by atoms with van der Waals surface area (Å²) in [5, 5.41) is 23.3. The molecule has 1 aromatic carbocycles. The van der Waals surface area contributed by atoms with Crippen LogP contribution >= 0.6 is 11.3 Å². The second-order valence-electron chi connectivity index (χ2n) is 5.34. The molecule has 0 saturated heterocycles. The van der Waals surface area contributed by atoms with Crippen LogP contribution in [0.4, 0.5) is 0 Å². The van der Waals surface area contributed by atoms with Gasteiger partial charge in [-0.15, -0.1) is 11.3 Å². The van der Waals surface area contributed by atoms with Gasteiger partial charge in [0.25, 0.3) is 5.91 Å². The van der Waals surface area contributed by atoms with Crippen LogP contribution in [0.2, 0.25) is 0 Å². The number of carbonyl (C=O) groups excluding carboxylic acids is 1. The fraction of sp³-hybridized carbons (Fsp3) is 0.500. The zero-order chi connectivity index (χ0) is 16.1. The first-order chi connectivity index (χ1) is 10.6. The SMILES string of the molecule is CCC(CC)CNC(=O)C(O)C(O)c1nc2ccccc2s1. The molecule has 1 heterocycles. The lowest BCUT2D eigenvalue weighted by molar-refractivity contribution is -0.135. The molecule has 0 fully saturated rings. The van der Waals surface area contributed by atoms with E-state index in [1.54, 1.807) is 0 Å². The van der Waals surface area contributed by atoms with Gasteiger partial charge in [-0.05, 0) is 18.1 Å². The smallest absolute Gasteiger partial charge is 0.252 e. The Kier molecular flexibility index (Phi) is 5.88. The van der Waals surface area contributed by atoms with E-state index in [4.69, 9.17) is 0 Å². The Morgan fingerprint density at radius 1 is 1.27 bits per heavy atom. The van der Waals surface area contributed by atoms with Crippen molar-refractivity contribution < 1.29 is 15.0 Å². The van der Waals surface area contributed by atoms with Crippen molar-refractivity contribution in [2.45, 2.75) is 38.9 Å². The lowest BCUT2D eigenvalue weighted by atomic mass is 10.0. The molecule has 0 radical (unpaired) electrons. The third kappa shape index (κ3) is 3.82. The highest BCUT2D eigenvalue weighted by Crippen LogP contribution is 2.27. The quantitative estimate of drug-likeness (QED) is 0.730. The summed E-state index contributed by atoms with van der Waals surface area (Å²) in [6.07, 6.45) is -0.880. The van der Waals surface area contributed by atoms with Crippen molar-refractivity contribution in [1.82, 2.24) is 10.3 Å². The Bertz CT molecular complexity index is 592. The molecule has 2 rings (SSSR count). The van der Waals surface area contributed by atoms with E-state index < -0.39 is 18.1 Å². The Hall–Kier alpha value is -1.50. The fourth-order valence-electron chi connectivity index (χ4n) is 2.22. The third-order valence-corrected chi connectivity index (χ3v) is 4.96. The number of rotatable bonds is 7. The van der Waals surface area contributed by atoms with E-state index in [0.29, 0.717) is 17.5 Å². The average molecular weight is 322 g/mol. The average Bonchev–Trinajstić information content (AvgIpc) is 2.98. The number of nitrogens with zero attached hydrogens (tertiary/aromatic N) is 1. The molecule has 2 aromatic rings. The molecule has 3 N–H and O–H groups in total. The maximum absolute atomic E-state index is 12.0. The van der Waals surface area contributed by atoms with E-state index in [1.807, 2.05) is 24.3 Å². The van der Waals surface area contributed by atoms with Gasteiger partial charge in [0.05, 0.1) is 10.2 Å². The third-order valence-electron chi connectivity index (χ3n) is 3.85. The molecule has 1 amide bonds. The Morgan fingerprint density at radius 2 is 1.95 bits per heavy atom. The highest BCUT2D eigenvalue weighted by atomic mass is 32.1. The van der Waals surface area contributed by atoms with E-state index in [-0.39, 0.29) is 0 Å². The predicted octanol–water partition coefficient (Wildman–Crippen LogP) is 2.24. The summed E-state index contributed by atoms with van der Waals surface area (Å²) in [6.45, 7) is 4.63. The van der Waals surface area contributed by atoms with Gasteiger partial charge >= 0.3 is 0 Å². The van der Waals surface area contributed by atoms with Gasteiger partial charge in [0.2, 0.25) is 0 Å². The van der Waals surface area contributed by atoms with Crippen molar-refractivity contribution in [1.29, 1.82) is 0 Å². The number of aromatic nitrogens is 1. The monoisotopic (exact) mass is 322 g/mol. The van der Waals surface area contributed by atoms with Gasteiger partial charge in [-0.1, -0.05) is 38.8 Å². The van der Waals surface area contributed by atoms with Gasteiger partial charge in [-0.3, -0.25) is 4.79 Å². The summed E-state index contributed by atoms with van der Waals surface area (Å²) >= 11 is 1.28. The van der Waals surface area contributed by atoms with Gasteiger partial charge in [0, 0.05) is 6.54 Å². The van der Waals surface area contributed by atoms with Gasteiger partial charge in [-0.25, -0.2) is 4.98 Å². The van der Waals surface area contributed by atoms with E-state index >= 15 is 0 Å². The molecule has 0 aliphatic carbocycles. The van der Waals surface area contributed by atoms with Crippen LogP contribution in [0, 0.1) is 5.92 Å². The van der Waals surface area contributed by atoms with Crippen molar-refractivity contribution in [2.24, 2.45) is 5.92 Å². The molecule has 0 aliphatic heterocycles. The van der Waals surface area contributed by atoms with E-state index in [2.05, 4.69) is 24.1 Å². The molecule has 0 aliphatic rings. The number of hydrogen-bond donors (Lipinski definition) is 3. The minimum Gasteiger partial charge on any atom is -0.383 e. The molecular weight excluding hydrogens is 300 g/mol. The van der Waals surface area contributed by atoms with Crippen LogP contribution < -0.4 is 5.32 Å². The Labute approximate surface area is 134 Å². The number of fused-ring (bicyclic) bond motifs is 1. The Morgan fingerprint density at radius 3 is 2.59 bits per heavy atom. The van der Waals surface area contributed by atoms with Crippen LogP contribution in [0.1, 0.15) is 37.8 Å². The molecule has 120 valence electrons. The number of aliphatic hydroxyl groups excluding tert-OH is 2. The topological polar surface area (TPSA) is 82.5 Å². The first-order valence-corrected chi connectivity index (χ1v) is 8.37. The first-order valence-electron chi connectivity index (χ1n) is 7.56. The molecule has 1 aromatic heterocycles. The number of para-hydroxylation sites is 1. The van der Waals surface area contributed by atoms with Crippen LogP contribution in [-0.4, -0.2) is 33.8 Å². The van der Waals surface area contributed by atoms with Gasteiger partial charge < -0.3 is 15.5 Å². The van der Waals surface area contributed by atoms with E-state index in [0.717, 1.165) is 23.1 Å². The van der Waals surface area contributed by atoms with Gasteiger partial charge in [-0.2, -0.15) is 0 Å². The second-order valence-corrected chi connectivity index (χ2v) is 6.40. The zero-order valence-corrected chi connectivity index (χ0v) is 13.6. The largest absolute Gasteiger partial charge is 0.383 e. The second kappa shape index (κ2) is 7.67. The predicted molar refractivity (Wildman–Crippen MR) is 87.7 cm³/mol. The number of benzene rings is 1. The Balaban J connectivity index is 2.01. The van der Waals surface area contributed by atoms with Crippen molar-refractivity contribution in [2.75, 3.05) is 6.54 Å². The molecule has 22 heavy (non-hydrogen) atoms. The number of aliphatic hydroxyl groups is 2. The van der Waals surface area contributed by atoms with E-state index in [9.17, 15) is 15.0 Å². The van der Waals surface area contributed by atoms with Crippen molar-refractivity contribution in [3.8, 4) is 0 Å². The molecule has 2 unspecified atom stereocenters. The first kappa shape index (κ1) is 16.9. The summed E-state index contributed by atoms with van der Waals surface area (Å²) in [4.78, 5) is 16.2. The van der Waals surface area contributed by atoms with Gasteiger partial charge in [0.15, 0.2) is 6.10 Å². The van der Waals surface area contributed by atoms with Crippen LogP contribution in [0.25, 0.3) is 10.2 Å². The number of amides is 1. The fourth-order valence-corrected chi connectivity index (χ4v) is 3.21. The maximum atomic E-state index is 12.0. The lowest BCUT2D eigenvalue weighted by Crippen LogP contribution is -2.40. The van der Waals surface area contributed by atoms with Crippen molar-refractivity contribution >= 4 is 27.5 Å². The minimum absolute atomic E-state index is 0.353. The molecule has 5 nitrogen and oxygen atoms in total. The highest BCUT2D eigenvalue weighted by molar-refractivity contribution is 7.18.